The van der Waals surface area contributed by atoms with Crippen LogP contribution in [0.1, 0.15) is 0 Å². The molecule has 1 aliphatic heterocycles. The molecule has 4 atom stereocenters. The Morgan fingerprint density at radius 2 is 1.69 bits per heavy atom. The smallest absolute Gasteiger partial charge is 0.183 e. The highest BCUT2D eigenvalue weighted by atomic mass is 16.7. The summed E-state index contributed by atoms with van der Waals surface area (Å²) in [6.45, 7) is 0.316. The van der Waals surface area contributed by atoms with Gasteiger partial charge in [0, 0.05) is 21.3 Å². The van der Waals surface area contributed by atoms with Gasteiger partial charge in [0.1, 0.15) is 18.3 Å². The van der Waals surface area contributed by atoms with Gasteiger partial charge in [-0.15, -0.1) is 0 Å². The van der Waals surface area contributed by atoms with Crippen LogP contribution in [0.4, 0.5) is 0 Å². The molecular formula is C8H16O5. The summed E-state index contributed by atoms with van der Waals surface area (Å²) in [6.07, 6.45) is -1.93. The van der Waals surface area contributed by atoms with Gasteiger partial charge >= 0.3 is 0 Å². The largest absolute Gasteiger partial charge is 0.376 e. The lowest BCUT2D eigenvalue weighted by molar-refractivity contribution is -0.267. The van der Waals surface area contributed by atoms with E-state index in [1.165, 1.54) is 7.11 Å². The molecule has 0 bridgehead atoms. The third-order valence-corrected chi connectivity index (χ3v) is 2.25. The molecule has 1 rings (SSSR count). The van der Waals surface area contributed by atoms with Crippen LogP contribution in [0, 0.1) is 0 Å². The molecule has 1 saturated heterocycles. The quantitative estimate of drug-likeness (QED) is 0.646. The van der Waals surface area contributed by atoms with Gasteiger partial charge in [0.25, 0.3) is 0 Å². The van der Waals surface area contributed by atoms with Crippen molar-refractivity contribution in [2.24, 2.45) is 0 Å². The number of aliphatic hydroxyl groups is 1. The third-order valence-electron chi connectivity index (χ3n) is 2.25. The van der Waals surface area contributed by atoms with Crippen molar-refractivity contribution in [3.05, 3.63) is 0 Å². The van der Waals surface area contributed by atoms with Gasteiger partial charge in [-0.1, -0.05) is 0 Å². The lowest BCUT2D eigenvalue weighted by Gasteiger charge is -2.38. The Hall–Kier alpha value is -0.200. The predicted octanol–water partition coefficient (Wildman–Crippen LogP) is -0.620. The second-order valence-corrected chi connectivity index (χ2v) is 2.90. The molecule has 0 aromatic heterocycles. The minimum Gasteiger partial charge on any atom is -0.376 e. The van der Waals surface area contributed by atoms with Crippen molar-refractivity contribution in [2.75, 3.05) is 27.9 Å². The SMILES string of the molecule is CO[C@@H]1[C@H](OC)[C@@H](OC)CO[C@@H]1O. The zero-order valence-corrected chi connectivity index (χ0v) is 8.10. The van der Waals surface area contributed by atoms with Gasteiger partial charge in [-0.3, -0.25) is 0 Å². The van der Waals surface area contributed by atoms with Crippen LogP contribution in [0.2, 0.25) is 0 Å². The van der Waals surface area contributed by atoms with Crippen LogP contribution in [0.5, 0.6) is 0 Å². The average molecular weight is 192 g/mol. The van der Waals surface area contributed by atoms with Crippen molar-refractivity contribution in [3.8, 4) is 0 Å². The highest BCUT2D eigenvalue weighted by Crippen LogP contribution is 2.20. The van der Waals surface area contributed by atoms with E-state index in [0.29, 0.717) is 6.61 Å². The summed E-state index contributed by atoms with van der Waals surface area (Å²) in [6, 6.07) is 0. The highest BCUT2D eigenvalue weighted by molar-refractivity contribution is 4.85. The van der Waals surface area contributed by atoms with Gasteiger partial charge < -0.3 is 24.1 Å². The van der Waals surface area contributed by atoms with Crippen LogP contribution in [0.25, 0.3) is 0 Å². The predicted molar refractivity (Wildman–Crippen MR) is 44.3 cm³/mol. The summed E-state index contributed by atoms with van der Waals surface area (Å²) in [7, 11) is 4.63. The fraction of sp³-hybridized carbons (Fsp3) is 1.00. The molecular weight excluding hydrogens is 176 g/mol. The van der Waals surface area contributed by atoms with E-state index < -0.39 is 12.4 Å². The molecule has 0 amide bonds. The minimum absolute atomic E-state index is 0.196. The van der Waals surface area contributed by atoms with Crippen molar-refractivity contribution < 1.29 is 24.1 Å². The Morgan fingerprint density at radius 3 is 2.15 bits per heavy atom. The van der Waals surface area contributed by atoms with Gasteiger partial charge in [-0.25, -0.2) is 0 Å². The first kappa shape index (κ1) is 10.9. The Kier molecular flexibility index (Phi) is 4.08. The molecule has 13 heavy (non-hydrogen) atoms. The number of ether oxygens (including phenoxy) is 4. The number of rotatable bonds is 3. The highest BCUT2D eigenvalue weighted by Gasteiger charge is 2.40. The molecule has 5 heteroatoms. The van der Waals surface area contributed by atoms with Gasteiger partial charge in [-0.2, -0.15) is 0 Å². The topological polar surface area (TPSA) is 57.2 Å². The van der Waals surface area contributed by atoms with E-state index in [2.05, 4.69) is 0 Å². The minimum atomic E-state index is -0.943. The first-order valence-corrected chi connectivity index (χ1v) is 4.12. The molecule has 1 heterocycles. The number of hydrogen-bond donors (Lipinski definition) is 1. The Labute approximate surface area is 77.5 Å². The number of methoxy groups -OCH3 is 3. The van der Waals surface area contributed by atoms with Crippen LogP contribution in [-0.4, -0.2) is 57.6 Å². The molecule has 1 N–H and O–H groups in total. The lowest BCUT2D eigenvalue weighted by atomic mass is 10.1. The van der Waals surface area contributed by atoms with Crippen LogP contribution < -0.4 is 0 Å². The summed E-state index contributed by atoms with van der Waals surface area (Å²) in [5, 5.41) is 9.40. The van der Waals surface area contributed by atoms with Gasteiger partial charge in [-0.05, 0) is 0 Å². The monoisotopic (exact) mass is 192 g/mol. The molecule has 1 aliphatic rings. The van der Waals surface area contributed by atoms with E-state index in [1.807, 2.05) is 0 Å². The average Bonchev–Trinajstić information content (AvgIpc) is 2.17. The van der Waals surface area contributed by atoms with E-state index in [1.54, 1.807) is 14.2 Å². The number of hydrogen-bond acceptors (Lipinski definition) is 5. The zero-order valence-electron chi connectivity index (χ0n) is 8.10. The first-order chi connectivity index (χ1) is 6.24. The van der Waals surface area contributed by atoms with Crippen molar-refractivity contribution in [3.63, 3.8) is 0 Å². The standard InChI is InChI=1S/C8H16O5/c1-10-5-4-13-8(9)7(12-3)6(5)11-2/h5-9H,4H2,1-3H3/t5-,6+,7+,8-/m0/s1. The molecule has 0 radical (unpaired) electrons. The second kappa shape index (κ2) is 4.88. The fourth-order valence-electron chi connectivity index (χ4n) is 1.50. The molecule has 0 saturated carbocycles. The van der Waals surface area contributed by atoms with Gasteiger partial charge in [0.15, 0.2) is 6.29 Å². The molecule has 0 aromatic rings. The van der Waals surface area contributed by atoms with Crippen molar-refractivity contribution in [1.82, 2.24) is 0 Å². The van der Waals surface area contributed by atoms with Crippen molar-refractivity contribution >= 4 is 0 Å². The summed E-state index contributed by atoms with van der Waals surface area (Å²) < 4.78 is 20.4. The number of aliphatic hydroxyl groups excluding tert-OH is 1. The van der Waals surface area contributed by atoms with Gasteiger partial charge in [0.05, 0.1) is 6.61 Å². The van der Waals surface area contributed by atoms with E-state index in [0.717, 1.165) is 0 Å². The summed E-state index contributed by atoms with van der Waals surface area (Å²) in [5.74, 6) is 0. The third kappa shape index (κ3) is 2.18. The summed E-state index contributed by atoms with van der Waals surface area (Å²) in [5.41, 5.74) is 0. The van der Waals surface area contributed by atoms with Crippen molar-refractivity contribution in [1.29, 1.82) is 0 Å². The van der Waals surface area contributed by atoms with Gasteiger partial charge in [0.2, 0.25) is 0 Å². The van der Waals surface area contributed by atoms with Crippen LogP contribution in [-0.2, 0) is 18.9 Å². The summed E-state index contributed by atoms with van der Waals surface area (Å²) in [4.78, 5) is 0. The van der Waals surface area contributed by atoms with E-state index in [-0.39, 0.29) is 12.2 Å². The Morgan fingerprint density at radius 1 is 1.08 bits per heavy atom. The molecule has 0 spiro atoms. The van der Waals surface area contributed by atoms with Crippen LogP contribution in [0.15, 0.2) is 0 Å². The molecule has 1 fully saturated rings. The molecule has 0 unspecified atom stereocenters. The lowest BCUT2D eigenvalue weighted by Crippen LogP contribution is -2.55. The molecule has 0 aliphatic carbocycles. The molecule has 78 valence electrons. The van der Waals surface area contributed by atoms with Crippen LogP contribution in [0.3, 0.4) is 0 Å². The molecule has 5 nitrogen and oxygen atoms in total. The Bertz CT molecular complexity index is 151. The van der Waals surface area contributed by atoms with E-state index in [4.69, 9.17) is 18.9 Å². The summed E-state index contributed by atoms with van der Waals surface area (Å²) >= 11 is 0. The first-order valence-electron chi connectivity index (χ1n) is 4.12. The maximum atomic E-state index is 9.40. The normalized spacial score (nSPS) is 40.6. The van der Waals surface area contributed by atoms with E-state index in [9.17, 15) is 5.11 Å². The van der Waals surface area contributed by atoms with Crippen molar-refractivity contribution in [2.45, 2.75) is 24.6 Å². The maximum Gasteiger partial charge on any atom is 0.183 e. The Balaban J connectivity index is 2.64. The fourth-order valence-corrected chi connectivity index (χ4v) is 1.50. The second-order valence-electron chi connectivity index (χ2n) is 2.90. The van der Waals surface area contributed by atoms with E-state index >= 15 is 0 Å². The molecule has 0 aromatic carbocycles. The zero-order chi connectivity index (χ0) is 9.84. The maximum absolute atomic E-state index is 9.40. The van der Waals surface area contributed by atoms with Crippen LogP contribution >= 0.6 is 0 Å².